The predicted molar refractivity (Wildman–Crippen MR) is 65.7 cm³/mol. The summed E-state index contributed by atoms with van der Waals surface area (Å²) in [6.07, 6.45) is 2.20. The van der Waals surface area contributed by atoms with Crippen LogP contribution in [0.25, 0.3) is 0 Å². The Morgan fingerprint density at radius 1 is 1.25 bits per heavy atom. The molecule has 0 N–H and O–H groups in total. The van der Waals surface area contributed by atoms with Crippen LogP contribution >= 0.6 is 0 Å². The van der Waals surface area contributed by atoms with Crippen LogP contribution in [0, 0.1) is 0 Å². The zero-order valence-corrected chi connectivity index (χ0v) is 10.3. The van der Waals surface area contributed by atoms with E-state index in [1.54, 1.807) is 0 Å². The van der Waals surface area contributed by atoms with Crippen LogP contribution in [0.2, 0.25) is 0 Å². The molecule has 0 bridgehead atoms. The molecule has 0 radical (unpaired) electrons. The van der Waals surface area contributed by atoms with Crippen LogP contribution in [0.3, 0.4) is 0 Å². The lowest BCUT2D eigenvalue weighted by Crippen LogP contribution is -2.06. The lowest BCUT2D eigenvalue weighted by molar-refractivity contribution is 0.0526. The van der Waals surface area contributed by atoms with Crippen molar-refractivity contribution in [3.63, 3.8) is 0 Å². The Bertz CT molecular complexity index is 340. The zero-order chi connectivity index (χ0) is 12.0. The minimum atomic E-state index is -0.227. The van der Waals surface area contributed by atoms with Crippen molar-refractivity contribution in [3.05, 3.63) is 35.4 Å². The molecule has 1 rings (SSSR count). The third-order valence-corrected chi connectivity index (χ3v) is 2.85. The summed E-state index contributed by atoms with van der Waals surface area (Å²) in [4.78, 5) is 11.6. The summed E-state index contributed by atoms with van der Waals surface area (Å²) in [5.41, 5.74) is 1.89. The molecule has 0 heterocycles. The van der Waals surface area contributed by atoms with Gasteiger partial charge in [0.25, 0.3) is 0 Å². The molecule has 0 saturated heterocycles. The Morgan fingerprint density at radius 2 is 1.94 bits per heavy atom. The maximum absolute atomic E-state index is 11.6. The number of carbonyl (C=O) groups is 1. The standard InChI is InChI=1S/C14H20O2/c1-4-11(5-2)12-8-7-9-13(10-12)14(15)16-6-3/h7-11H,4-6H2,1-3H3. The van der Waals surface area contributed by atoms with Crippen molar-refractivity contribution >= 4 is 5.97 Å². The molecule has 0 fully saturated rings. The first-order valence-electron chi connectivity index (χ1n) is 5.99. The van der Waals surface area contributed by atoms with Gasteiger partial charge < -0.3 is 4.74 Å². The lowest BCUT2D eigenvalue weighted by atomic mass is 9.93. The summed E-state index contributed by atoms with van der Waals surface area (Å²) in [5, 5.41) is 0. The molecular formula is C14H20O2. The summed E-state index contributed by atoms with van der Waals surface area (Å²) in [7, 11) is 0. The van der Waals surface area contributed by atoms with Crippen LogP contribution in [0.4, 0.5) is 0 Å². The molecule has 2 nitrogen and oxygen atoms in total. The third kappa shape index (κ3) is 3.09. The van der Waals surface area contributed by atoms with E-state index in [2.05, 4.69) is 19.9 Å². The second-order valence-corrected chi connectivity index (χ2v) is 3.86. The van der Waals surface area contributed by atoms with Crippen molar-refractivity contribution in [2.75, 3.05) is 6.61 Å². The second-order valence-electron chi connectivity index (χ2n) is 3.86. The smallest absolute Gasteiger partial charge is 0.338 e. The SMILES string of the molecule is CCOC(=O)c1cccc(C(CC)CC)c1. The third-order valence-electron chi connectivity index (χ3n) is 2.85. The molecule has 16 heavy (non-hydrogen) atoms. The molecule has 0 aromatic heterocycles. The molecular weight excluding hydrogens is 200 g/mol. The van der Waals surface area contributed by atoms with E-state index >= 15 is 0 Å². The number of hydrogen-bond donors (Lipinski definition) is 0. The van der Waals surface area contributed by atoms with Crippen molar-refractivity contribution < 1.29 is 9.53 Å². The van der Waals surface area contributed by atoms with Gasteiger partial charge in [-0.3, -0.25) is 0 Å². The summed E-state index contributed by atoms with van der Waals surface area (Å²) in [6.45, 7) is 6.59. The van der Waals surface area contributed by atoms with E-state index in [4.69, 9.17) is 4.74 Å². The minimum Gasteiger partial charge on any atom is -0.462 e. The zero-order valence-electron chi connectivity index (χ0n) is 10.3. The fourth-order valence-electron chi connectivity index (χ4n) is 1.89. The predicted octanol–water partition coefficient (Wildman–Crippen LogP) is 3.77. The van der Waals surface area contributed by atoms with Gasteiger partial charge in [0.1, 0.15) is 0 Å². The van der Waals surface area contributed by atoms with Crippen LogP contribution in [-0.2, 0) is 4.74 Å². The Balaban J connectivity index is 2.89. The number of rotatable bonds is 5. The second kappa shape index (κ2) is 6.31. The van der Waals surface area contributed by atoms with Crippen LogP contribution in [0.15, 0.2) is 24.3 Å². The van der Waals surface area contributed by atoms with Gasteiger partial charge in [-0.2, -0.15) is 0 Å². The van der Waals surface area contributed by atoms with E-state index in [-0.39, 0.29) is 5.97 Å². The fraction of sp³-hybridized carbons (Fsp3) is 0.500. The van der Waals surface area contributed by atoms with E-state index in [0.717, 1.165) is 12.8 Å². The van der Waals surface area contributed by atoms with Crippen molar-refractivity contribution in [3.8, 4) is 0 Å². The van der Waals surface area contributed by atoms with E-state index in [1.807, 2.05) is 25.1 Å². The molecule has 0 atom stereocenters. The molecule has 0 saturated carbocycles. The van der Waals surface area contributed by atoms with Gasteiger partial charge in [-0.25, -0.2) is 4.79 Å². The van der Waals surface area contributed by atoms with Crippen molar-refractivity contribution in [2.24, 2.45) is 0 Å². The Hall–Kier alpha value is -1.31. The maximum atomic E-state index is 11.6. The first-order valence-corrected chi connectivity index (χ1v) is 5.99. The highest BCUT2D eigenvalue weighted by Crippen LogP contribution is 2.23. The van der Waals surface area contributed by atoms with Gasteiger partial charge >= 0.3 is 5.97 Å². The van der Waals surface area contributed by atoms with Gasteiger partial charge in [-0.05, 0) is 43.4 Å². The Kier molecular flexibility index (Phi) is 5.03. The van der Waals surface area contributed by atoms with Crippen LogP contribution in [0.5, 0.6) is 0 Å². The average Bonchev–Trinajstić information content (AvgIpc) is 2.31. The first-order chi connectivity index (χ1) is 7.72. The number of hydrogen-bond acceptors (Lipinski definition) is 2. The van der Waals surface area contributed by atoms with E-state index < -0.39 is 0 Å². The van der Waals surface area contributed by atoms with Crippen molar-refractivity contribution in [2.45, 2.75) is 39.5 Å². The van der Waals surface area contributed by atoms with Crippen LogP contribution < -0.4 is 0 Å². The quantitative estimate of drug-likeness (QED) is 0.706. The highest BCUT2D eigenvalue weighted by Gasteiger charge is 2.11. The minimum absolute atomic E-state index is 0.227. The summed E-state index contributed by atoms with van der Waals surface area (Å²) in [5.74, 6) is 0.310. The lowest BCUT2D eigenvalue weighted by Gasteiger charge is -2.13. The van der Waals surface area contributed by atoms with Gasteiger partial charge in [0.2, 0.25) is 0 Å². The monoisotopic (exact) mass is 220 g/mol. The molecule has 0 aliphatic heterocycles. The average molecular weight is 220 g/mol. The number of esters is 1. The van der Waals surface area contributed by atoms with Gasteiger partial charge in [-0.1, -0.05) is 26.0 Å². The number of carbonyl (C=O) groups excluding carboxylic acids is 1. The van der Waals surface area contributed by atoms with Gasteiger partial charge in [-0.15, -0.1) is 0 Å². The summed E-state index contributed by atoms with van der Waals surface area (Å²) < 4.78 is 4.99. The number of benzene rings is 1. The molecule has 88 valence electrons. The molecule has 0 amide bonds. The van der Waals surface area contributed by atoms with E-state index in [9.17, 15) is 4.79 Å². The topological polar surface area (TPSA) is 26.3 Å². The highest BCUT2D eigenvalue weighted by atomic mass is 16.5. The summed E-state index contributed by atoms with van der Waals surface area (Å²) >= 11 is 0. The largest absolute Gasteiger partial charge is 0.462 e. The van der Waals surface area contributed by atoms with E-state index in [0.29, 0.717) is 18.1 Å². The Labute approximate surface area is 97.6 Å². The van der Waals surface area contributed by atoms with Crippen molar-refractivity contribution in [1.29, 1.82) is 0 Å². The summed E-state index contributed by atoms with van der Waals surface area (Å²) in [6, 6.07) is 7.78. The van der Waals surface area contributed by atoms with E-state index in [1.165, 1.54) is 5.56 Å². The van der Waals surface area contributed by atoms with Crippen LogP contribution in [-0.4, -0.2) is 12.6 Å². The van der Waals surface area contributed by atoms with Gasteiger partial charge in [0, 0.05) is 0 Å². The molecule has 1 aromatic carbocycles. The fourth-order valence-corrected chi connectivity index (χ4v) is 1.89. The maximum Gasteiger partial charge on any atom is 0.338 e. The molecule has 2 heteroatoms. The number of ether oxygens (including phenoxy) is 1. The molecule has 0 spiro atoms. The van der Waals surface area contributed by atoms with Gasteiger partial charge in [0.15, 0.2) is 0 Å². The molecule has 0 aliphatic carbocycles. The van der Waals surface area contributed by atoms with Gasteiger partial charge in [0.05, 0.1) is 12.2 Å². The first kappa shape index (κ1) is 12.8. The highest BCUT2D eigenvalue weighted by molar-refractivity contribution is 5.89. The molecule has 0 aliphatic rings. The molecule has 1 aromatic rings. The Morgan fingerprint density at radius 3 is 2.50 bits per heavy atom. The molecule has 0 unspecified atom stereocenters. The van der Waals surface area contributed by atoms with Crippen LogP contribution in [0.1, 0.15) is 55.5 Å². The normalized spacial score (nSPS) is 10.5. The van der Waals surface area contributed by atoms with Crippen molar-refractivity contribution in [1.82, 2.24) is 0 Å².